The van der Waals surface area contributed by atoms with Gasteiger partial charge in [-0.05, 0) is 24.3 Å². The van der Waals surface area contributed by atoms with E-state index in [9.17, 15) is 0 Å². The van der Waals surface area contributed by atoms with Crippen LogP contribution in [0.1, 0.15) is 5.56 Å². The lowest BCUT2D eigenvalue weighted by molar-refractivity contribution is 0.399. The molecule has 0 atom stereocenters. The Hall–Kier alpha value is -2.30. The van der Waals surface area contributed by atoms with E-state index >= 15 is 0 Å². The summed E-state index contributed by atoms with van der Waals surface area (Å²) in [5.41, 5.74) is 0.990. The molecule has 0 aliphatic rings. The largest absolute Gasteiger partial charge is 0.497 e. The number of hydrogen-bond acceptors (Lipinski definition) is 5. The molecule has 0 aliphatic heterocycles. The fourth-order valence-corrected chi connectivity index (χ4v) is 1.58. The van der Waals surface area contributed by atoms with E-state index in [0.29, 0.717) is 12.5 Å². The van der Waals surface area contributed by atoms with Crippen LogP contribution < -0.4 is 14.8 Å². The number of ether oxygens (including phenoxy) is 2. The van der Waals surface area contributed by atoms with E-state index in [4.69, 9.17) is 9.47 Å². The highest BCUT2D eigenvalue weighted by atomic mass is 16.5. The van der Waals surface area contributed by atoms with Gasteiger partial charge in [0.2, 0.25) is 5.95 Å². The Morgan fingerprint density at radius 3 is 2.56 bits per heavy atom. The number of hydrogen-bond donors (Lipinski definition) is 1. The van der Waals surface area contributed by atoms with Crippen LogP contribution in [0.4, 0.5) is 5.95 Å². The molecular formula is C13H15N3O2. The van der Waals surface area contributed by atoms with Crippen molar-refractivity contribution in [2.24, 2.45) is 0 Å². The standard InChI is InChI=1S/C13H15N3O2/c1-17-11-4-5-12(18-2)10(8-11)9-16-13-14-6-3-7-15-13/h3-8H,9H2,1-2H3,(H,14,15,16). The SMILES string of the molecule is COc1ccc(OC)c(CNc2ncccn2)c1. The summed E-state index contributed by atoms with van der Waals surface area (Å²) in [5.74, 6) is 2.18. The number of rotatable bonds is 5. The number of nitrogens with zero attached hydrogens (tertiary/aromatic N) is 2. The van der Waals surface area contributed by atoms with Crippen molar-refractivity contribution in [1.82, 2.24) is 9.97 Å². The van der Waals surface area contributed by atoms with Crippen molar-refractivity contribution in [3.8, 4) is 11.5 Å². The van der Waals surface area contributed by atoms with Gasteiger partial charge in [0.05, 0.1) is 14.2 Å². The number of nitrogens with one attached hydrogen (secondary N) is 1. The van der Waals surface area contributed by atoms with E-state index in [1.54, 1.807) is 32.7 Å². The molecule has 1 heterocycles. The van der Waals surface area contributed by atoms with Crippen LogP contribution in [0.3, 0.4) is 0 Å². The van der Waals surface area contributed by atoms with Crippen molar-refractivity contribution < 1.29 is 9.47 Å². The molecule has 5 heteroatoms. The fraction of sp³-hybridized carbons (Fsp3) is 0.231. The summed E-state index contributed by atoms with van der Waals surface area (Å²) in [5, 5.41) is 3.13. The Morgan fingerprint density at radius 1 is 1.11 bits per heavy atom. The molecule has 0 fully saturated rings. The monoisotopic (exact) mass is 245 g/mol. The Morgan fingerprint density at radius 2 is 1.89 bits per heavy atom. The van der Waals surface area contributed by atoms with Gasteiger partial charge >= 0.3 is 0 Å². The molecule has 2 aromatic rings. The predicted molar refractivity (Wildman–Crippen MR) is 68.9 cm³/mol. The Kier molecular flexibility index (Phi) is 3.96. The van der Waals surface area contributed by atoms with Crippen molar-refractivity contribution in [1.29, 1.82) is 0 Å². The van der Waals surface area contributed by atoms with E-state index in [1.807, 2.05) is 18.2 Å². The van der Waals surface area contributed by atoms with E-state index in [2.05, 4.69) is 15.3 Å². The number of methoxy groups -OCH3 is 2. The van der Waals surface area contributed by atoms with Crippen LogP contribution in [0, 0.1) is 0 Å². The molecule has 0 unspecified atom stereocenters. The Bertz CT molecular complexity index is 503. The molecule has 0 saturated heterocycles. The average Bonchev–Trinajstić information content (AvgIpc) is 2.45. The summed E-state index contributed by atoms with van der Waals surface area (Å²) in [4.78, 5) is 8.20. The summed E-state index contributed by atoms with van der Waals surface area (Å²) < 4.78 is 10.5. The van der Waals surface area contributed by atoms with Gasteiger partial charge in [0.25, 0.3) is 0 Å². The van der Waals surface area contributed by atoms with Crippen LogP contribution in [-0.2, 0) is 6.54 Å². The van der Waals surface area contributed by atoms with Crippen molar-refractivity contribution in [3.63, 3.8) is 0 Å². The maximum absolute atomic E-state index is 5.30. The fourth-order valence-electron chi connectivity index (χ4n) is 1.58. The van der Waals surface area contributed by atoms with Crippen molar-refractivity contribution >= 4 is 5.95 Å². The third kappa shape index (κ3) is 2.88. The van der Waals surface area contributed by atoms with E-state index in [-0.39, 0.29) is 0 Å². The van der Waals surface area contributed by atoms with E-state index in [0.717, 1.165) is 17.1 Å². The molecule has 0 saturated carbocycles. The van der Waals surface area contributed by atoms with E-state index in [1.165, 1.54) is 0 Å². The molecule has 5 nitrogen and oxygen atoms in total. The van der Waals surface area contributed by atoms with Gasteiger partial charge in [-0.15, -0.1) is 0 Å². The van der Waals surface area contributed by atoms with Crippen molar-refractivity contribution in [3.05, 3.63) is 42.2 Å². The summed E-state index contributed by atoms with van der Waals surface area (Å²) in [6, 6.07) is 7.44. The van der Waals surface area contributed by atoms with Crippen LogP contribution in [-0.4, -0.2) is 24.2 Å². The highest BCUT2D eigenvalue weighted by molar-refractivity contribution is 5.42. The third-order valence-electron chi connectivity index (χ3n) is 2.49. The maximum Gasteiger partial charge on any atom is 0.222 e. The van der Waals surface area contributed by atoms with Crippen LogP contribution in [0.5, 0.6) is 11.5 Å². The second-order valence-electron chi connectivity index (χ2n) is 3.60. The summed E-state index contributed by atoms with van der Waals surface area (Å²) in [6.07, 6.45) is 3.39. The first-order chi connectivity index (χ1) is 8.83. The first-order valence-corrected chi connectivity index (χ1v) is 5.55. The Labute approximate surface area is 106 Å². The molecule has 1 aromatic heterocycles. The van der Waals surface area contributed by atoms with Gasteiger partial charge in [-0.1, -0.05) is 0 Å². The molecule has 1 N–H and O–H groups in total. The molecule has 1 aromatic carbocycles. The molecule has 0 spiro atoms. The quantitative estimate of drug-likeness (QED) is 0.874. The minimum Gasteiger partial charge on any atom is -0.497 e. The minimum absolute atomic E-state index is 0.574. The van der Waals surface area contributed by atoms with Crippen molar-refractivity contribution in [2.75, 3.05) is 19.5 Å². The zero-order chi connectivity index (χ0) is 12.8. The first-order valence-electron chi connectivity index (χ1n) is 5.55. The number of aromatic nitrogens is 2. The zero-order valence-corrected chi connectivity index (χ0v) is 10.4. The van der Waals surface area contributed by atoms with Gasteiger partial charge < -0.3 is 14.8 Å². The summed E-state index contributed by atoms with van der Waals surface area (Å²) >= 11 is 0. The second-order valence-corrected chi connectivity index (χ2v) is 3.60. The zero-order valence-electron chi connectivity index (χ0n) is 10.4. The first kappa shape index (κ1) is 12.2. The number of benzene rings is 1. The molecule has 0 amide bonds. The molecule has 0 bridgehead atoms. The lowest BCUT2D eigenvalue weighted by atomic mass is 10.2. The lowest BCUT2D eigenvalue weighted by Crippen LogP contribution is -2.04. The predicted octanol–water partition coefficient (Wildman–Crippen LogP) is 2.11. The minimum atomic E-state index is 0.574. The van der Waals surface area contributed by atoms with Gasteiger partial charge in [0.1, 0.15) is 11.5 Å². The molecule has 94 valence electrons. The van der Waals surface area contributed by atoms with Crippen LogP contribution >= 0.6 is 0 Å². The molecule has 0 aliphatic carbocycles. The number of anilines is 1. The molecular weight excluding hydrogens is 230 g/mol. The average molecular weight is 245 g/mol. The van der Waals surface area contributed by atoms with Gasteiger partial charge in [-0.2, -0.15) is 0 Å². The topological polar surface area (TPSA) is 56.3 Å². The highest BCUT2D eigenvalue weighted by Gasteiger charge is 2.05. The molecule has 18 heavy (non-hydrogen) atoms. The van der Waals surface area contributed by atoms with Crippen LogP contribution in [0.15, 0.2) is 36.7 Å². The summed E-state index contributed by atoms with van der Waals surface area (Å²) in [7, 11) is 3.28. The lowest BCUT2D eigenvalue weighted by Gasteiger charge is -2.11. The highest BCUT2D eigenvalue weighted by Crippen LogP contribution is 2.24. The molecule has 0 radical (unpaired) electrons. The van der Waals surface area contributed by atoms with Gasteiger partial charge in [-0.25, -0.2) is 9.97 Å². The van der Waals surface area contributed by atoms with Gasteiger partial charge in [-0.3, -0.25) is 0 Å². The maximum atomic E-state index is 5.30. The Balaban J connectivity index is 2.12. The smallest absolute Gasteiger partial charge is 0.222 e. The summed E-state index contributed by atoms with van der Waals surface area (Å²) in [6.45, 7) is 0.574. The van der Waals surface area contributed by atoms with Gasteiger partial charge in [0, 0.05) is 24.5 Å². The normalized spacial score (nSPS) is 9.89. The third-order valence-corrected chi connectivity index (χ3v) is 2.49. The van der Waals surface area contributed by atoms with E-state index < -0.39 is 0 Å². The van der Waals surface area contributed by atoms with Crippen molar-refractivity contribution in [2.45, 2.75) is 6.54 Å². The second kappa shape index (κ2) is 5.86. The van der Waals surface area contributed by atoms with Gasteiger partial charge in [0.15, 0.2) is 0 Å². The molecule has 2 rings (SSSR count). The van der Waals surface area contributed by atoms with Crippen LogP contribution in [0.25, 0.3) is 0 Å². The van der Waals surface area contributed by atoms with Crippen LogP contribution in [0.2, 0.25) is 0 Å².